The summed E-state index contributed by atoms with van der Waals surface area (Å²) in [5.74, 6) is 0.293. The minimum Gasteiger partial charge on any atom is -0.508 e. The molecule has 1 aromatic carbocycles. The van der Waals surface area contributed by atoms with Gasteiger partial charge in [-0.15, -0.1) is 0 Å². The van der Waals surface area contributed by atoms with Crippen molar-refractivity contribution >= 4 is 11.6 Å². The summed E-state index contributed by atoms with van der Waals surface area (Å²) in [6, 6.07) is 5.87. The van der Waals surface area contributed by atoms with E-state index in [-0.39, 0.29) is 0 Å². The van der Waals surface area contributed by atoms with Crippen LogP contribution in [0.1, 0.15) is 24.8 Å². The molecular weight excluding hydrogens is 248 g/mol. The zero-order valence-corrected chi connectivity index (χ0v) is 11.6. The van der Waals surface area contributed by atoms with E-state index < -0.39 is 0 Å². The minimum absolute atomic E-state index is 0.293. The van der Waals surface area contributed by atoms with Crippen molar-refractivity contribution in [1.29, 1.82) is 0 Å². The van der Waals surface area contributed by atoms with Gasteiger partial charge in [0.15, 0.2) is 0 Å². The number of nitrogens with one attached hydrogen (secondary N) is 1. The Morgan fingerprint density at radius 3 is 3.00 bits per heavy atom. The Balaban J connectivity index is 2.03. The maximum Gasteiger partial charge on any atom is 0.121 e. The monoisotopic (exact) mass is 268 g/mol. The van der Waals surface area contributed by atoms with Crippen LogP contribution in [0.3, 0.4) is 0 Å². The van der Waals surface area contributed by atoms with E-state index in [1.807, 2.05) is 6.07 Å². The van der Waals surface area contributed by atoms with E-state index in [0.29, 0.717) is 23.4 Å². The van der Waals surface area contributed by atoms with Gasteiger partial charge in [0, 0.05) is 23.2 Å². The normalized spacial score (nSPS) is 20.9. The Morgan fingerprint density at radius 2 is 2.22 bits per heavy atom. The van der Waals surface area contributed by atoms with Crippen molar-refractivity contribution in [3.8, 4) is 5.75 Å². The lowest BCUT2D eigenvalue weighted by Gasteiger charge is -2.27. The number of halogens is 1. The number of hydrogen-bond donors (Lipinski definition) is 2. The summed E-state index contributed by atoms with van der Waals surface area (Å²) in [6.07, 6.45) is 3.57. The van der Waals surface area contributed by atoms with Gasteiger partial charge in [0.1, 0.15) is 5.75 Å². The molecule has 2 rings (SSSR count). The van der Waals surface area contributed by atoms with Crippen molar-refractivity contribution in [3.05, 3.63) is 28.8 Å². The Labute approximate surface area is 114 Å². The summed E-state index contributed by atoms with van der Waals surface area (Å²) in [5.41, 5.74) is 0.832. The Bertz CT molecular complexity index is 369. The molecular formula is C14H21ClN2O. The molecule has 0 bridgehead atoms. The molecule has 1 aromatic rings. The summed E-state index contributed by atoms with van der Waals surface area (Å²) in [4.78, 5) is 2.30. The molecule has 18 heavy (non-hydrogen) atoms. The predicted molar refractivity (Wildman–Crippen MR) is 75.1 cm³/mol. The van der Waals surface area contributed by atoms with Crippen LogP contribution in [0.2, 0.25) is 5.02 Å². The van der Waals surface area contributed by atoms with Gasteiger partial charge < -0.3 is 10.4 Å². The van der Waals surface area contributed by atoms with Crippen LogP contribution in [0.15, 0.2) is 18.2 Å². The number of rotatable bonds is 3. The van der Waals surface area contributed by atoms with Crippen LogP contribution in [0.5, 0.6) is 5.75 Å². The topological polar surface area (TPSA) is 35.5 Å². The van der Waals surface area contributed by atoms with Crippen molar-refractivity contribution in [3.63, 3.8) is 0 Å². The molecule has 1 aliphatic rings. The van der Waals surface area contributed by atoms with E-state index in [0.717, 1.165) is 25.1 Å². The van der Waals surface area contributed by atoms with E-state index >= 15 is 0 Å². The lowest BCUT2D eigenvalue weighted by atomic mass is 10.1. The van der Waals surface area contributed by atoms with Crippen LogP contribution >= 0.6 is 11.6 Å². The van der Waals surface area contributed by atoms with Gasteiger partial charge >= 0.3 is 0 Å². The van der Waals surface area contributed by atoms with Crippen molar-refractivity contribution in [1.82, 2.24) is 10.2 Å². The molecule has 0 spiro atoms. The van der Waals surface area contributed by atoms with E-state index in [4.69, 9.17) is 11.6 Å². The molecule has 2 N–H and O–H groups in total. The Kier molecular flexibility index (Phi) is 4.87. The van der Waals surface area contributed by atoms with Crippen LogP contribution in [-0.2, 0) is 6.54 Å². The molecule has 1 aliphatic heterocycles. The van der Waals surface area contributed by atoms with E-state index in [1.165, 1.54) is 12.8 Å². The highest BCUT2D eigenvalue weighted by Crippen LogP contribution is 2.27. The van der Waals surface area contributed by atoms with E-state index in [1.54, 1.807) is 12.1 Å². The standard InChI is InChI=1S/C14H21ClN2O/c1-17(11-4-3-8-16-9-7-11)10-12-13(15)5-2-6-14(12)18/h2,5-6,11,16,18H,3-4,7-10H2,1H3. The maximum absolute atomic E-state index is 9.87. The zero-order chi connectivity index (χ0) is 13.0. The molecule has 0 aliphatic carbocycles. The summed E-state index contributed by atoms with van der Waals surface area (Å²) < 4.78 is 0. The van der Waals surface area contributed by atoms with Crippen LogP contribution in [-0.4, -0.2) is 36.2 Å². The first kappa shape index (κ1) is 13.7. The number of hydrogen-bond acceptors (Lipinski definition) is 3. The number of nitrogens with zero attached hydrogens (tertiary/aromatic N) is 1. The average Bonchev–Trinajstić information content (AvgIpc) is 2.62. The highest BCUT2D eigenvalue weighted by Gasteiger charge is 2.18. The quantitative estimate of drug-likeness (QED) is 0.885. The number of phenolic OH excluding ortho intramolecular Hbond substituents is 1. The largest absolute Gasteiger partial charge is 0.508 e. The summed E-state index contributed by atoms with van der Waals surface area (Å²) >= 11 is 6.15. The van der Waals surface area contributed by atoms with Crippen molar-refractivity contribution < 1.29 is 5.11 Å². The molecule has 0 aromatic heterocycles. The van der Waals surface area contributed by atoms with Crippen molar-refractivity contribution in [2.75, 3.05) is 20.1 Å². The minimum atomic E-state index is 0.293. The highest BCUT2D eigenvalue weighted by molar-refractivity contribution is 6.31. The molecule has 1 atom stereocenters. The second-order valence-corrected chi connectivity index (χ2v) is 5.39. The number of phenols is 1. The lowest BCUT2D eigenvalue weighted by molar-refractivity contribution is 0.214. The summed E-state index contributed by atoms with van der Waals surface area (Å²) in [5, 5.41) is 13.9. The first-order chi connectivity index (χ1) is 8.68. The van der Waals surface area contributed by atoms with Gasteiger partial charge in [-0.1, -0.05) is 17.7 Å². The fourth-order valence-electron chi connectivity index (χ4n) is 2.52. The lowest BCUT2D eigenvalue weighted by Crippen LogP contribution is -2.32. The van der Waals surface area contributed by atoms with Gasteiger partial charge in [-0.25, -0.2) is 0 Å². The molecule has 1 saturated heterocycles. The maximum atomic E-state index is 9.87. The molecule has 4 heteroatoms. The van der Waals surface area contributed by atoms with Gasteiger partial charge in [-0.2, -0.15) is 0 Å². The first-order valence-corrected chi connectivity index (χ1v) is 6.93. The molecule has 3 nitrogen and oxygen atoms in total. The third kappa shape index (κ3) is 3.37. The van der Waals surface area contributed by atoms with Crippen molar-refractivity contribution in [2.24, 2.45) is 0 Å². The highest BCUT2D eigenvalue weighted by atomic mass is 35.5. The SMILES string of the molecule is CN(Cc1c(O)cccc1Cl)C1CCCNCC1. The molecule has 1 unspecified atom stereocenters. The van der Waals surface area contributed by atoms with Gasteiger partial charge in [0.05, 0.1) is 0 Å². The van der Waals surface area contributed by atoms with Crippen LogP contribution in [0, 0.1) is 0 Å². The molecule has 0 amide bonds. The van der Waals surface area contributed by atoms with Crippen LogP contribution in [0.4, 0.5) is 0 Å². The third-order valence-corrected chi connectivity index (χ3v) is 4.02. The molecule has 0 saturated carbocycles. The van der Waals surface area contributed by atoms with Gasteiger partial charge in [0.25, 0.3) is 0 Å². The molecule has 1 heterocycles. The number of aromatic hydroxyl groups is 1. The number of benzene rings is 1. The van der Waals surface area contributed by atoms with Gasteiger partial charge in [0.2, 0.25) is 0 Å². The second-order valence-electron chi connectivity index (χ2n) is 4.99. The summed E-state index contributed by atoms with van der Waals surface area (Å²) in [7, 11) is 2.11. The van der Waals surface area contributed by atoms with Crippen LogP contribution < -0.4 is 5.32 Å². The first-order valence-electron chi connectivity index (χ1n) is 6.56. The van der Waals surface area contributed by atoms with E-state index in [9.17, 15) is 5.11 Å². The smallest absolute Gasteiger partial charge is 0.121 e. The van der Waals surface area contributed by atoms with E-state index in [2.05, 4.69) is 17.3 Å². The van der Waals surface area contributed by atoms with Gasteiger partial charge in [-0.05, 0) is 51.5 Å². The van der Waals surface area contributed by atoms with Gasteiger partial charge in [-0.3, -0.25) is 4.90 Å². The predicted octanol–water partition coefficient (Wildman–Crippen LogP) is 2.62. The fourth-order valence-corrected chi connectivity index (χ4v) is 2.75. The third-order valence-electron chi connectivity index (χ3n) is 3.67. The van der Waals surface area contributed by atoms with Crippen molar-refractivity contribution in [2.45, 2.75) is 31.8 Å². The zero-order valence-electron chi connectivity index (χ0n) is 10.8. The molecule has 0 radical (unpaired) electrons. The Hall–Kier alpha value is -0.770. The second kappa shape index (κ2) is 6.41. The molecule has 1 fully saturated rings. The summed E-state index contributed by atoms with van der Waals surface area (Å²) in [6.45, 7) is 2.89. The fraction of sp³-hybridized carbons (Fsp3) is 0.571. The van der Waals surface area contributed by atoms with Crippen LogP contribution in [0.25, 0.3) is 0 Å². The average molecular weight is 269 g/mol. The Morgan fingerprint density at radius 1 is 1.39 bits per heavy atom. The molecule has 100 valence electrons.